The Bertz CT molecular complexity index is 1230. The zero-order valence-electron chi connectivity index (χ0n) is 16.2. The van der Waals surface area contributed by atoms with E-state index in [4.69, 9.17) is 0 Å². The number of amides is 1. The molecule has 8 heteroatoms. The number of benzene rings is 1. The Hall–Kier alpha value is -3.81. The molecule has 0 aliphatic rings. The summed E-state index contributed by atoms with van der Waals surface area (Å²) >= 11 is 0. The highest BCUT2D eigenvalue weighted by Gasteiger charge is 2.18. The summed E-state index contributed by atoms with van der Waals surface area (Å²) in [4.78, 5) is 29.3. The molecule has 4 rings (SSSR count). The molecular formula is C21H20N6O2. The molecule has 1 N–H and O–H groups in total. The number of nitrogens with zero attached hydrogens (tertiary/aromatic N) is 5. The summed E-state index contributed by atoms with van der Waals surface area (Å²) < 4.78 is 2.89. The van der Waals surface area contributed by atoms with E-state index in [1.165, 1.54) is 0 Å². The van der Waals surface area contributed by atoms with E-state index >= 15 is 0 Å². The molecular weight excluding hydrogens is 368 g/mol. The number of pyridine rings is 1. The summed E-state index contributed by atoms with van der Waals surface area (Å²) in [5, 5.41) is 12.3. The van der Waals surface area contributed by atoms with Crippen molar-refractivity contribution in [2.75, 3.05) is 0 Å². The molecule has 29 heavy (non-hydrogen) atoms. The number of hydrogen-bond acceptors (Lipinski definition) is 5. The minimum Gasteiger partial charge on any atom is -0.350 e. The largest absolute Gasteiger partial charge is 0.350 e. The number of aromatic nitrogens is 5. The van der Waals surface area contributed by atoms with Gasteiger partial charge in [-0.2, -0.15) is 10.2 Å². The number of rotatable bonds is 5. The minimum atomic E-state index is -0.389. The summed E-state index contributed by atoms with van der Waals surface area (Å²) in [6.07, 6.45) is 3.35. The SMILES string of the molecule is Cc1nn(CC(=O)NCc2cccnc2)c(=O)c2nn(-c3ccccc3)c(C)c12. The minimum absolute atomic E-state index is 0.173. The smallest absolute Gasteiger partial charge is 0.295 e. The van der Waals surface area contributed by atoms with Gasteiger partial charge < -0.3 is 5.32 Å². The molecule has 3 heterocycles. The second-order valence-corrected chi connectivity index (χ2v) is 6.74. The normalized spacial score (nSPS) is 11.0. The Morgan fingerprint density at radius 1 is 1.07 bits per heavy atom. The van der Waals surface area contributed by atoms with Crippen LogP contribution in [0.5, 0.6) is 0 Å². The summed E-state index contributed by atoms with van der Waals surface area (Å²) in [5.74, 6) is -0.304. The first kappa shape index (κ1) is 18.5. The molecule has 0 spiro atoms. The van der Waals surface area contributed by atoms with Crippen LogP contribution < -0.4 is 10.9 Å². The number of nitrogens with one attached hydrogen (secondary N) is 1. The fraction of sp³-hybridized carbons (Fsp3) is 0.190. The highest BCUT2D eigenvalue weighted by molar-refractivity contribution is 5.83. The third-order valence-corrected chi connectivity index (χ3v) is 4.69. The molecule has 0 radical (unpaired) electrons. The maximum atomic E-state index is 12.9. The lowest BCUT2D eigenvalue weighted by Gasteiger charge is -2.08. The predicted octanol–water partition coefficient (Wildman–Crippen LogP) is 1.91. The van der Waals surface area contributed by atoms with Gasteiger partial charge in [-0.15, -0.1) is 0 Å². The molecule has 0 aliphatic carbocycles. The Labute approximate surface area is 166 Å². The third-order valence-electron chi connectivity index (χ3n) is 4.69. The molecule has 0 saturated heterocycles. The Morgan fingerprint density at radius 3 is 2.59 bits per heavy atom. The van der Waals surface area contributed by atoms with Crippen molar-refractivity contribution in [1.82, 2.24) is 29.9 Å². The van der Waals surface area contributed by atoms with Crippen molar-refractivity contribution in [3.05, 3.63) is 82.2 Å². The van der Waals surface area contributed by atoms with Crippen molar-refractivity contribution in [2.24, 2.45) is 0 Å². The van der Waals surface area contributed by atoms with Gasteiger partial charge in [-0.05, 0) is 37.6 Å². The van der Waals surface area contributed by atoms with Gasteiger partial charge in [0.2, 0.25) is 5.91 Å². The lowest BCUT2D eigenvalue weighted by atomic mass is 10.2. The average molecular weight is 388 g/mol. The average Bonchev–Trinajstić information content (AvgIpc) is 3.10. The zero-order valence-corrected chi connectivity index (χ0v) is 16.2. The monoisotopic (exact) mass is 388 g/mol. The first-order valence-electron chi connectivity index (χ1n) is 9.22. The van der Waals surface area contributed by atoms with Gasteiger partial charge in [0, 0.05) is 18.9 Å². The molecule has 3 aromatic heterocycles. The van der Waals surface area contributed by atoms with Crippen molar-refractivity contribution in [1.29, 1.82) is 0 Å². The van der Waals surface area contributed by atoms with Gasteiger partial charge >= 0.3 is 0 Å². The number of hydrogen-bond donors (Lipinski definition) is 1. The van der Waals surface area contributed by atoms with E-state index < -0.39 is 0 Å². The van der Waals surface area contributed by atoms with E-state index in [1.54, 1.807) is 23.1 Å². The van der Waals surface area contributed by atoms with Crippen LogP contribution in [0.25, 0.3) is 16.6 Å². The van der Waals surface area contributed by atoms with Crippen LogP contribution in [-0.2, 0) is 17.9 Å². The molecule has 1 amide bonds. The standard InChI is InChI=1S/C21H20N6O2/c1-14-19-15(2)27(17-8-4-3-5-9-17)25-20(19)21(29)26(24-14)13-18(28)23-12-16-7-6-10-22-11-16/h3-11H,12-13H2,1-2H3,(H,23,28). The molecule has 1 aromatic carbocycles. The molecule has 146 valence electrons. The van der Waals surface area contributed by atoms with E-state index in [-0.39, 0.29) is 18.0 Å². The van der Waals surface area contributed by atoms with E-state index in [9.17, 15) is 9.59 Å². The van der Waals surface area contributed by atoms with E-state index in [0.29, 0.717) is 23.1 Å². The number of carbonyl (C=O) groups excluding carboxylic acids is 1. The van der Waals surface area contributed by atoms with Gasteiger partial charge in [0.1, 0.15) is 6.54 Å². The van der Waals surface area contributed by atoms with E-state index in [1.807, 2.05) is 50.2 Å². The molecule has 0 saturated carbocycles. The Morgan fingerprint density at radius 2 is 1.86 bits per heavy atom. The van der Waals surface area contributed by atoms with Gasteiger partial charge in [-0.25, -0.2) is 9.36 Å². The molecule has 0 atom stereocenters. The fourth-order valence-corrected chi connectivity index (χ4v) is 3.31. The first-order chi connectivity index (χ1) is 14.0. The van der Waals surface area contributed by atoms with Crippen LogP contribution in [0.3, 0.4) is 0 Å². The van der Waals surface area contributed by atoms with Gasteiger partial charge in [0.05, 0.1) is 22.5 Å². The number of carbonyl (C=O) groups is 1. The highest BCUT2D eigenvalue weighted by Crippen LogP contribution is 2.20. The second kappa shape index (κ2) is 7.67. The molecule has 4 aromatic rings. The van der Waals surface area contributed by atoms with Crippen molar-refractivity contribution in [3.63, 3.8) is 0 Å². The van der Waals surface area contributed by atoms with E-state index in [0.717, 1.165) is 21.6 Å². The molecule has 0 unspecified atom stereocenters. The van der Waals surface area contributed by atoms with Crippen molar-refractivity contribution < 1.29 is 4.79 Å². The van der Waals surface area contributed by atoms with Gasteiger partial charge in [-0.3, -0.25) is 14.6 Å². The number of para-hydroxylation sites is 1. The van der Waals surface area contributed by atoms with Gasteiger partial charge in [-0.1, -0.05) is 24.3 Å². The molecule has 0 fully saturated rings. The maximum Gasteiger partial charge on any atom is 0.295 e. The molecule has 0 bridgehead atoms. The van der Waals surface area contributed by atoms with Crippen LogP contribution >= 0.6 is 0 Å². The summed E-state index contributed by atoms with van der Waals surface area (Å²) in [6.45, 7) is 3.88. The quantitative estimate of drug-likeness (QED) is 0.564. The summed E-state index contributed by atoms with van der Waals surface area (Å²) in [7, 11) is 0. The topological polar surface area (TPSA) is 94.7 Å². The maximum absolute atomic E-state index is 12.9. The third kappa shape index (κ3) is 3.64. The Kier molecular flexibility index (Phi) is 4.90. The first-order valence-corrected chi connectivity index (χ1v) is 9.22. The van der Waals surface area contributed by atoms with Crippen LogP contribution in [-0.4, -0.2) is 30.5 Å². The summed E-state index contributed by atoms with van der Waals surface area (Å²) in [6, 6.07) is 13.3. The van der Waals surface area contributed by atoms with Gasteiger partial charge in [0.25, 0.3) is 5.56 Å². The second-order valence-electron chi connectivity index (χ2n) is 6.74. The van der Waals surface area contributed by atoms with Crippen LogP contribution in [0.1, 0.15) is 17.0 Å². The lowest BCUT2D eigenvalue weighted by Crippen LogP contribution is -2.34. The lowest BCUT2D eigenvalue weighted by molar-refractivity contribution is -0.122. The van der Waals surface area contributed by atoms with Crippen LogP contribution in [0.4, 0.5) is 0 Å². The Balaban J connectivity index is 1.63. The fourth-order valence-electron chi connectivity index (χ4n) is 3.31. The number of fused-ring (bicyclic) bond motifs is 1. The van der Waals surface area contributed by atoms with Crippen LogP contribution in [0.2, 0.25) is 0 Å². The predicted molar refractivity (Wildman–Crippen MR) is 109 cm³/mol. The highest BCUT2D eigenvalue weighted by atomic mass is 16.2. The van der Waals surface area contributed by atoms with Gasteiger partial charge in [0.15, 0.2) is 5.52 Å². The number of aryl methyl sites for hydroxylation is 2. The van der Waals surface area contributed by atoms with E-state index in [2.05, 4.69) is 20.5 Å². The molecule has 8 nitrogen and oxygen atoms in total. The van der Waals surface area contributed by atoms with Crippen molar-refractivity contribution in [2.45, 2.75) is 26.9 Å². The van der Waals surface area contributed by atoms with Crippen LogP contribution in [0.15, 0.2) is 59.7 Å². The van der Waals surface area contributed by atoms with Crippen molar-refractivity contribution >= 4 is 16.8 Å². The summed E-state index contributed by atoms with van der Waals surface area (Å²) in [5.41, 5.74) is 3.14. The van der Waals surface area contributed by atoms with Crippen LogP contribution in [0, 0.1) is 13.8 Å². The molecule has 0 aliphatic heterocycles. The zero-order chi connectivity index (χ0) is 20.4. The van der Waals surface area contributed by atoms with Crippen molar-refractivity contribution in [3.8, 4) is 5.69 Å².